The number of nitro groups is 1. The first-order chi connectivity index (χ1) is 10.2. The molecule has 0 aliphatic heterocycles. The van der Waals surface area contributed by atoms with E-state index in [1.807, 2.05) is 10.8 Å². The summed E-state index contributed by atoms with van der Waals surface area (Å²) in [6, 6.07) is 4.81. The van der Waals surface area contributed by atoms with Gasteiger partial charge in [0, 0.05) is 25.5 Å². The number of anilines is 1. The van der Waals surface area contributed by atoms with Gasteiger partial charge in [0.1, 0.15) is 11.4 Å². The zero-order valence-electron chi connectivity index (χ0n) is 11.9. The van der Waals surface area contributed by atoms with Crippen LogP contribution in [-0.2, 0) is 6.54 Å². The molecule has 0 unspecified atom stereocenters. The Kier molecular flexibility index (Phi) is 5.14. The summed E-state index contributed by atoms with van der Waals surface area (Å²) in [6.45, 7) is 1.58. The van der Waals surface area contributed by atoms with Crippen LogP contribution in [-0.4, -0.2) is 28.1 Å². The van der Waals surface area contributed by atoms with E-state index in [4.69, 9.17) is 4.74 Å². The number of nitrogens with zero attached hydrogens (tertiary/aromatic N) is 3. The van der Waals surface area contributed by atoms with Gasteiger partial charge in [-0.2, -0.15) is 0 Å². The first kappa shape index (κ1) is 14.8. The smallest absolute Gasteiger partial charge is 0.296 e. The average molecular weight is 290 g/mol. The molecule has 1 N–H and O–H groups in total. The summed E-state index contributed by atoms with van der Waals surface area (Å²) in [7, 11) is 1.49. The quantitative estimate of drug-likeness (QED) is 0.459. The van der Waals surface area contributed by atoms with Crippen LogP contribution in [0, 0.1) is 10.1 Å². The minimum Gasteiger partial charge on any atom is -0.496 e. The van der Waals surface area contributed by atoms with Gasteiger partial charge in [0.05, 0.1) is 24.4 Å². The summed E-state index contributed by atoms with van der Waals surface area (Å²) >= 11 is 0. The van der Waals surface area contributed by atoms with E-state index in [9.17, 15) is 10.1 Å². The molecule has 21 heavy (non-hydrogen) atoms. The number of ether oxygens (including phenoxy) is 1. The lowest BCUT2D eigenvalue weighted by atomic mass is 10.2. The maximum Gasteiger partial charge on any atom is 0.296 e. The van der Waals surface area contributed by atoms with Crippen LogP contribution >= 0.6 is 0 Å². The third kappa shape index (κ3) is 4.20. The molecular formula is C14H18N4O3. The number of unbranched alkanes of at least 4 members (excludes halogenated alkanes) is 1. The standard InChI is InChI=1S/C14H18N4O3/c1-21-12-4-5-13(14(10-12)18(19)20)16-6-2-3-8-17-9-7-15-11-17/h4-5,7,9-11,16H,2-3,6,8H2,1H3. The van der Waals surface area contributed by atoms with Crippen molar-refractivity contribution in [3.8, 4) is 5.75 Å². The molecule has 0 atom stereocenters. The summed E-state index contributed by atoms with van der Waals surface area (Å²) in [5.74, 6) is 0.479. The maximum atomic E-state index is 11.0. The van der Waals surface area contributed by atoms with Gasteiger partial charge in [0.2, 0.25) is 0 Å². The van der Waals surface area contributed by atoms with Crippen molar-refractivity contribution in [3.63, 3.8) is 0 Å². The van der Waals surface area contributed by atoms with E-state index in [0.717, 1.165) is 19.4 Å². The van der Waals surface area contributed by atoms with Gasteiger partial charge in [-0.1, -0.05) is 0 Å². The zero-order valence-corrected chi connectivity index (χ0v) is 11.9. The van der Waals surface area contributed by atoms with Crippen molar-refractivity contribution in [2.24, 2.45) is 0 Å². The summed E-state index contributed by atoms with van der Waals surface area (Å²) < 4.78 is 7.01. The molecule has 0 spiro atoms. The van der Waals surface area contributed by atoms with Crippen molar-refractivity contribution < 1.29 is 9.66 Å². The van der Waals surface area contributed by atoms with E-state index >= 15 is 0 Å². The summed E-state index contributed by atoms with van der Waals surface area (Å²) in [6.07, 6.45) is 7.34. The van der Waals surface area contributed by atoms with Crippen LogP contribution in [0.2, 0.25) is 0 Å². The van der Waals surface area contributed by atoms with Gasteiger partial charge < -0.3 is 14.6 Å². The Hall–Kier alpha value is -2.57. The lowest BCUT2D eigenvalue weighted by Gasteiger charge is -2.08. The molecule has 0 saturated carbocycles. The maximum absolute atomic E-state index is 11.0. The number of nitro benzene ring substituents is 1. The van der Waals surface area contributed by atoms with E-state index in [1.165, 1.54) is 13.2 Å². The van der Waals surface area contributed by atoms with Gasteiger partial charge in [-0.3, -0.25) is 10.1 Å². The molecule has 112 valence electrons. The minimum absolute atomic E-state index is 0.0314. The van der Waals surface area contributed by atoms with Crippen molar-refractivity contribution in [3.05, 3.63) is 47.0 Å². The van der Waals surface area contributed by atoms with Crippen LogP contribution < -0.4 is 10.1 Å². The number of nitrogens with one attached hydrogen (secondary N) is 1. The highest BCUT2D eigenvalue weighted by Crippen LogP contribution is 2.28. The molecule has 0 aliphatic carbocycles. The first-order valence-electron chi connectivity index (χ1n) is 6.73. The topological polar surface area (TPSA) is 82.2 Å². The number of hydrogen-bond donors (Lipinski definition) is 1. The largest absolute Gasteiger partial charge is 0.496 e. The van der Waals surface area contributed by atoms with E-state index in [2.05, 4.69) is 10.3 Å². The number of benzene rings is 1. The summed E-state index contributed by atoms with van der Waals surface area (Å²) in [5.41, 5.74) is 0.549. The number of hydrogen-bond acceptors (Lipinski definition) is 5. The van der Waals surface area contributed by atoms with Gasteiger partial charge in [0.15, 0.2) is 0 Å². The predicted molar refractivity (Wildman–Crippen MR) is 79.6 cm³/mol. The highest BCUT2D eigenvalue weighted by atomic mass is 16.6. The van der Waals surface area contributed by atoms with Gasteiger partial charge in [0.25, 0.3) is 5.69 Å². The zero-order chi connectivity index (χ0) is 15.1. The molecular weight excluding hydrogens is 272 g/mol. The van der Waals surface area contributed by atoms with Gasteiger partial charge in [-0.25, -0.2) is 4.98 Å². The molecule has 1 aromatic heterocycles. The molecule has 0 fully saturated rings. The molecule has 7 nitrogen and oxygen atoms in total. The third-order valence-corrected chi connectivity index (χ3v) is 3.12. The van der Waals surface area contributed by atoms with Crippen molar-refractivity contribution >= 4 is 11.4 Å². The number of imidazole rings is 1. The Labute approximate surface area is 122 Å². The monoisotopic (exact) mass is 290 g/mol. The van der Waals surface area contributed by atoms with Crippen molar-refractivity contribution in [2.45, 2.75) is 19.4 Å². The van der Waals surface area contributed by atoms with Crippen molar-refractivity contribution in [2.75, 3.05) is 19.0 Å². The number of aromatic nitrogens is 2. The Morgan fingerprint density at radius 2 is 2.29 bits per heavy atom. The molecule has 0 saturated heterocycles. The molecule has 0 radical (unpaired) electrons. The fourth-order valence-corrected chi connectivity index (χ4v) is 2.00. The average Bonchev–Trinajstić information content (AvgIpc) is 3.00. The summed E-state index contributed by atoms with van der Waals surface area (Å²) in [4.78, 5) is 14.6. The second-order valence-electron chi connectivity index (χ2n) is 4.57. The van der Waals surface area contributed by atoms with Crippen LogP contribution in [0.25, 0.3) is 0 Å². The van der Waals surface area contributed by atoms with Crippen LogP contribution in [0.3, 0.4) is 0 Å². The molecule has 2 rings (SSSR count). The highest BCUT2D eigenvalue weighted by Gasteiger charge is 2.14. The van der Waals surface area contributed by atoms with Gasteiger partial charge in [-0.15, -0.1) is 0 Å². The molecule has 7 heteroatoms. The van der Waals surface area contributed by atoms with E-state index in [0.29, 0.717) is 18.0 Å². The van der Waals surface area contributed by atoms with E-state index in [1.54, 1.807) is 24.7 Å². The van der Waals surface area contributed by atoms with Crippen LogP contribution in [0.15, 0.2) is 36.9 Å². The molecule has 0 aliphatic rings. The molecule has 1 heterocycles. The Balaban J connectivity index is 1.83. The fraction of sp³-hybridized carbons (Fsp3) is 0.357. The van der Waals surface area contributed by atoms with E-state index in [-0.39, 0.29) is 5.69 Å². The second kappa shape index (κ2) is 7.28. The number of aryl methyl sites for hydroxylation is 1. The molecule has 1 aromatic carbocycles. The normalized spacial score (nSPS) is 10.3. The lowest BCUT2D eigenvalue weighted by Crippen LogP contribution is -2.06. The Morgan fingerprint density at radius 1 is 1.43 bits per heavy atom. The van der Waals surface area contributed by atoms with Crippen LogP contribution in [0.4, 0.5) is 11.4 Å². The van der Waals surface area contributed by atoms with Gasteiger partial charge >= 0.3 is 0 Å². The number of methoxy groups -OCH3 is 1. The molecule has 2 aromatic rings. The fourth-order valence-electron chi connectivity index (χ4n) is 2.00. The van der Waals surface area contributed by atoms with E-state index < -0.39 is 4.92 Å². The van der Waals surface area contributed by atoms with Crippen molar-refractivity contribution in [1.82, 2.24) is 9.55 Å². The Morgan fingerprint density at radius 3 is 2.95 bits per heavy atom. The highest BCUT2D eigenvalue weighted by molar-refractivity contribution is 5.63. The van der Waals surface area contributed by atoms with Crippen LogP contribution in [0.5, 0.6) is 5.75 Å². The van der Waals surface area contributed by atoms with Crippen LogP contribution in [0.1, 0.15) is 12.8 Å². The number of rotatable bonds is 8. The third-order valence-electron chi connectivity index (χ3n) is 3.12. The molecule has 0 bridgehead atoms. The lowest BCUT2D eigenvalue weighted by molar-refractivity contribution is -0.384. The minimum atomic E-state index is -0.406. The SMILES string of the molecule is COc1ccc(NCCCCn2ccnc2)c([N+](=O)[O-])c1. The summed E-state index contributed by atoms with van der Waals surface area (Å²) in [5, 5.41) is 14.1. The van der Waals surface area contributed by atoms with Crippen molar-refractivity contribution in [1.29, 1.82) is 0 Å². The first-order valence-corrected chi connectivity index (χ1v) is 6.73. The predicted octanol–water partition coefficient (Wildman–Crippen LogP) is 2.69. The Bertz CT molecular complexity index is 584. The molecule has 0 amide bonds. The second-order valence-corrected chi connectivity index (χ2v) is 4.57. The van der Waals surface area contributed by atoms with Gasteiger partial charge in [-0.05, 0) is 25.0 Å².